The summed E-state index contributed by atoms with van der Waals surface area (Å²) in [5, 5.41) is 14.0. The number of aryl methyl sites for hydroxylation is 1. The number of rotatable bonds is 3. The van der Waals surface area contributed by atoms with Crippen LogP contribution in [0, 0.1) is 6.92 Å². The summed E-state index contributed by atoms with van der Waals surface area (Å²) < 4.78 is -0.351. The van der Waals surface area contributed by atoms with Crippen LogP contribution in [0.1, 0.15) is 28.1 Å². The van der Waals surface area contributed by atoms with Crippen LogP contribution >= 0.6 is 23.1 Å². The van der Waals surface area contributed by atoms with E-state index in [0.29, 0.717) is 25.9 Å². The van der Waals surface area contributed by atoms with E-state index < -0.39 is 0 Å². The van der Waals surface area contributed by atoms with Crippen molar-refractivity contribution in [1.82, 2.24) is 4.90 Å². The van der Waals surface area contributed by atoms with Crippen molar-refractivity contribution in [2.24, 2.45) is 10.9 Å². The lowest BCUT2D eigenvalue weighted by Crippen LogP contribution is -2.51. The summed E-state index contributed by atoms with van der Waals surface area (Å²) in [7, 11) is 0. The maximum absolute atomic E-state index is 12.4. The second-order valence-electron chi connectivity index (χ2n) is 4.91. The minimum Gasteiger partial charge on any atom is -0.409 e. The van der Waals surface area contributed by atoms with Crippen molar-refractivity contribution in [3.63, 3.8) is 0 Å². The van der Waals surface area contributed by atoms with Crippen molar-refractivity contribution in [1.29, 1.82) is 0 Å². The molecule has 0 saturated carbocycles. The summed E-state index contributed by atoms with van der Waals surface area (Å²) in [4.78, 5) is 15.1. The van der Waals surface area contributed by atoms with Gasteiger partial charge in [0.1, 0.15) is 0 Å². The average molecular weight is 313 g/mol. The second kappa shape index (κ2) is 6.05. The maximum Gasteiger partial charge on any atom is 0.264 e. The van der Waals surface area contributed by atoms with E-state index >= 15 is 0 Å². The molecule has 5 nitrogen and oxygen atoms in total. The highest BCUT2D eigenvalue weighted by Gasteiger charge is 2.39. The Morgan fingerprint density at radius 3 is 2.65 bits per heavy atom. The molecule has 0 unspecified atom stereocenters. The van der Waals surface area contributed by atoms with E-state index in [-0.39, 0.29) is 16.5 Å². The number of hydrogen-bond donors (Lipinski definition) is 2. The van der Waals surface area contributed by atoms with Crippen molar-refractivity contribution in [3.05, 3.63) is 21.9 Å². The Morgan fingerprint density at radius 1 is 1.55 bits per heavy atom. The van der Waals surface area contributed by atoms with Crippen LogP contribution in [0.2, 0.25) is 0 Å². The van der Waals surface area contributed by atoms with Crippen molar-refractivity contribution in [2.75, 3.05) is 19.3 Å². The highest BCUT2D eigenvalue weighted by Crippen LogP contribution is 2.35. The molecule has 0 radical (unpaired) electrons. The molecule has 2 rings (SSSR count). The van der Waals surface area contributed by atoms with E-state index in [4.69, 9.17) is 10.9 Å². The number of carbonyl (C=O) groups excluding carboxylic acids is 1. The summed E-state index contributed by atoms with van der Waals surface area (Å²) in [6.07, 6.45) is 3.37. The molecule has 1 aliphatic rings. The van der Waals surface area contributed by atoms with Gasteiger partial charge in [-0.2, -0.15) is 11.8 Å². The molecule has 20 heavy (non-hydrogen) atoms. The van der Waals surface area contributed by atoms with Crippen LogP contribution < -0.4 is 5.73 Å². The molecule has 0 aliphatic carbocycles. The Bertz CT molecular complexity index is 519. The molecule has 1 saturated heterocycles. The topological polar surface area (TPSA) is 78.9 Å². The van der Waals surface area contributed by atoms with Gasteiger partial charge in [0, 0.05) is 13.1 Å². The van der Waals surface area contributed by atoms with Crippen molar-refractivity contribution in [2.45, 2.75) is 24.5 Å². The lowest BCUT2D eigenvalue weighted by atomic mass is 9.94. The third-order valence-corrected chi connectivity index (χ3v) is 6.28. The zero-order valence-corrected chi connectivity index (χ0v) is 13.3. The van der Waals surface area contributed by atoms with Crippen LogP contribution in [0.5, 0.6) is 0 Å². The third-order valence-electron chi connectivity index (χ3n) is 3.88. The van der Waals surface area contributed by atoms with Gasteiger partial charge in [-0.15, -0.1) is 11.3 Å². The highest BCUT2D eigenvalue weighted by molar-refractivity contribution is 8.00. The van der Waals surface area contributed by atoms with E-state index in [1.807, 2.05) is 29.5 Å². The lowest BCUT2D eigenvalue weighted by molar-refractivity contribution is 0.0722. The normalized spacial score (nSPS) is 19.1. The zero-order chi connectivity index (χ0) is 14.8. The Kier molecular flexibility index (Phi) is 4.59. The van der Waals surface area contributed by atoms with Gasteiger partial charge in [-0.05, 0) is 43.0 Å². The van der Waals surface area contributed by atoms with Crippen molar-refractivity contribution >= 4 is 34.8 Å². The van der Waals surface area contributed by atoms with Gasteiger partial charge in [-0.25, -0.2) is 0 Å². The highest BCUT2D eigenvalue weighted by atomic mass is 32.2. The summed E-state index contributed by atoms with van der Waals surface area (Å²) in [6.45, 7) is 3.22. The predicted octanol–water partition coefficient (Wildman–Crippen LogP) is 2.14. The fraction of sp³-hybridized carbons (Fsp3) is 0.538. The summed E-state index contributed by atoms with van der Waals surface area (Å²) in [5.74, 6) is 0.344. The molecular formula is C13H19N3O2S2. The summed E-state index contributed by atoms with van der Waals surface area (Å²) >= 11 is 3.07. The number of carbonyl (C=O) groups is 1. The van der Waals surface area contributed by atoms with Crippen LogP contribution in [0.25, 0.3) is 0 Å². The van der Waals surface area contributed by atoms with Crippen molar-refractivity contribution in [3.8, 4) is 0 Å². The molecule has 1 fully saturated rings. The van der Waals surface area contributed by atoms with Gasteiger partial charge in [-0.3, -0.25) is 4.79 Å². The number of oxime groups is 1. The molecule has 0 bridgehead atoms. The zero-order valence-electron chi connectivity index (χ0n) is 11.6. The van der Waals surface area contributed by atoms with Crippen LogP contribution in [-0.4, -0.2) is 45.9 Å². The van der Waals surface area contributed by atoms with E-state index in [9.17, 15) is 4.79 Å². The van der Waals surface area contributed by atoms with Gasteiger partial charge in [-0.1, -0.05) is 5.16 Å². The number of piperidine rings is 1. The molecule has 2 heterocycles. The fourth-order valence-corrected chi connectivity index (χ4v) is 4.20. The van der Waals surface area contributed by atoms with Crippen LogP contribution in [0.3, 0.4) is 0 Å². The first-order valence-corrected chi connectivity index (χ1v) is 8.51. The second-order valence-corrected chi connectivity index (χ2v) is 7.01. The lowest BCUT2D eigenvalue weighted by Gasteiger charge is -2.39. The SMILES string of the molecule is CSC1(C(N)=NO)CCN(C(=O)c2sccc2C)CC1. The molecule has 1 amide bonds. The smallest absolute Gasteiger partial charge is 0.264 e. The molecule has 1 aromatic rings. The van der Waals surface area contributed by atoms with Gasteiger partial charge in [0.2, 0.25) is 0 Å². The van der Waals surface area contributed by atoms with Gasteiger partial charge in [0.05, 0.1) is 9.62 Å². The van der Waals surface area contributed by atoms with Gasteiger partial charge in [0.25, 0.3) is 5.91 Å². The maximum atomic E-state index is 12.4. The molecule has 1 aliphatic heterocycles. The van der Waals surface area contributed by atoms with Crippen LogP contribution in [0.4, 0.5) is 0 Å². The first-order valence-electron chi connectivity index (χ1n) is 6.40. The number of amides is 1. The third kappa shape index (κ3) is 2.64. The summed E-state index contributed by atoms with van der Waals surface area (Å²) in [5.41, 5.74) is 6.84. The molecule has 0 spiro atoms. The number of hydrogen-bond acceptors (Lipinski definition) is 5. The molecule has 110 valence electrons. The number of thioether (sulfide) groups is 1. The van der Waals surface area contributed by atoms with Crippen molar-refractivity contribution < 1.29 is 10.0 Å². The number of nitrogens with zero attached hydrogens (tertiary/aromatic N) is 2. The fourth-order valence-electron chi connectivity index (χ4n) is 2.46. The number of likely N-dealkylation sites (tertiary alicyclic amines) is 1. The average Bonchev–Trinajstić information content (AvgIpc) is 2.91. The first kappa shape index (κ1) is 15.2. The Hall–Kier alpha value is -1.21. The van der Waals surface area contributed by atoms with E-state index in [1.54, 1.807) is 11.8 Å². The van der Waals surface area contributed by atoms with Gasteiger partial charge >= 0.3 is 0 Å². The minimum atomic E-state index is -0.351. The standard InChI is InChI=1S/C13H19N3O2S2/c1-9-3-8-20-10(9)11(17)16-6-4-13(19-2,5-7-16)12(14)15-18/h3,8,18H,4-7H2,1-2H3,(H2,14,15). The molecule has 7 heteroatoms. The minimum absolute atomic E-state index is 0.0895. The molecule has 3 N–H and O–H groups in total. The number of thiophene rings is 1. The summed E-state index contributed by atoms with van der Waals surface area (Å²) in [6, 6.07) is 1.96. The molecule has 0 aromatic carbocycles. The number of nitrogens with two attached hydrogens (primary N) is 1. The number of amidine groups is 1. The van der Waals surface area contributed by atoms with E-state index in [2.05, 4.69) is 5.16 Å². The quantitative estimate of drug-likeness (QED) is 0.388. The largest absolute Gasteiger partial charge is 0.409 e. The van der Waals surface area contributed by atoms with Crippen LogP contribution in [-0.2, 0) is 0 Å². The van der Waals surface area contributed by atoms with Gasteiger partial charge in [0.15, 0.2) is 5.84 Å². The molecule has 1 aromatic heterocycles. The Balaban J connectivity index is 2.08. The van der Waals surface area contributed by atoms with Crippen LogP contribution in [0.15, 0.2) is 16.6 Å². The first-order chi connectivity index (χ1) is 9.54. The molecular weight excluding hydrogens is 294 g/mol. The Morgan fingerprint density at radius 2 is 2.20 bits per heavy atom. The van der Waals surface area contributed by atoms with E-state index in [1.165, 1.54) is 11.3 Å². The van der Waals surface area contributed by atoms with Gasteiger partial charge < -0.3 is 15.8 Å². The predicted molar refractivity (Wildman–Crippen MR) is 83.8 cm³/mol. The monoisotopic (exact) mass is 313 g/mol. The Labute approximate surface area is 126 Å². The van der Waals surface area contributed by atoms with E-state index in [0.717, 1.165) is 10.4 Å². The molecule has 0 atom stereocenters.